The lowest BCUT2D eigenvalue weighted by molar-refractivity contribution is -0.119. The van der Waals surface area contributed by atoms with Crippen LogP contribution in [0.15, 0.2) is 41.3 Å². The molecule has 0 unspecified atom stereocenters. The Balaban J connectivity index is 1.52. The fraction of sp³-hybridized carbons (Fsp3) is 0.222. The van der Waals surface area contributed by atoms with E-state index >= 15 is 0 Å². The normalized spacial score (nSPS) is 12.8. The number of halogens is 2. The van der Waals surface area contributed by atoms with Gasteiger partial charge in [0.15, 0.2) is 11.5 Å². The zero-order valence-electron chi connectivity index (χ0n) is 14.1. The molecule has 0 atom stereocenters. The number of hydrogen-bond acceptors (Lipinski definition) is 5. The number of hydrogen-bond donors (Lipinski definition) is 2. The third-order valence-corrected chi connectivity index (χ3v) is 5.31. The van der Waals surface area contributed by atoms with Crippen LogP contribution >= 0.6 is 35.0 Å². The highest BCUT2D eigenvalue weighted by molar-refractivity contribution is 8.00. The van der Waals surface area contributed by atoms with Gasteiger partial charge in [0.1, 0.15) is 0 Å². The zero-order valence-corrected chi connectivity index (χ0v) is 16.4. The fourth-order valence-corrected chi connectivity index (χ4v) is 3.56. The summed E-state index contributed by atoms with van der Waals surface area (Å²) in [6.07, 6.45) is 0.778. The quantitative estimate of drug-likeness (QED) is 0.575. The van der Waals surface area contributed by atoms with E-state index < -0.39 is 5.91 Å². The lowest BCUT2D eigenvalue weighted by Gasteiger charge is -2.11. The van der Waals surface area contributed by atoms with Gasteiger partial charge in [-0.1, -0.05) is 23.2 Å². The van der Waals surface area contributed by atoms with Crippen LogP contribution in [0.4, 0.5) is 0 Å². The molecule has 0 saturated heterocycles. The van der Waals surface area contributed by atoms with Crippen LogP contribution in [-0.2, 0) is 4.79 Å². The van der Waals surface area contributed by atoms with Crippen molar-refractivity contribution in [2.45, 2.75) is 11.3 Å². The third-order valence-electron chi connectivity index (χ3n) is 3.58. The summed E-state index contributed by atoms with van der Waals surface area (Å²) in [5, 5.41) is 1.04. The first kappa shape index (κ1) is 19.7. The van der Waals surface area contributed by atoms with Crippen molar-refractivity contribution in [2.75, 3.05) is 19.0 Å². The Morgan fingerprint density at radius 3 is 2.59 bits per heavy atom. The number of rotatable bonds is 4. The Morgan fingerprint density at radius 2 is 1.78 bits per heavy atom. The second-order valence-corrected chi connectivity index (χ2v) is 7.44. The van der Waals surface area contributed by atoms with Crippen LogP contribution in [0.1, 0.15) is 16.8 Å². The van der Waals surface area contributed by atoms with Gasteiger partial charge < -0.3 is 9.47 Å². The molecule has 1 aliphatic heterocycles. The minimum absolute atomic E-state index is 0.0709. The highest BCUT2D eigenvalue weighted by atomic mass is 35.5. The molecule has 142 valence electrons. The van der Waals surface area contributed by atoms with Gasteiger partial charge in [-0.15, -0.1) is 11.8 Å². The van der Waals surface area contributed by atoms with Crippen LogP contribution in [0.3, 0.4) is 0 Å². The number of carbonyl (C=O) groups is 2. The molecule has 3 rings (SSSR count). The first-order valence-electron chi connectivity index (χ1n) is 8.09. The molecule has 27 heavy (non-hydrogen) atoms. The molecule has 0 aliphatic carbocycles. The van der Waals surface area contributed by atoms with Crippen LogP contribution in [0.25, 0.3) is 0 Å². The fourth-order valence-electron chi connectivity index (χ4n) is 2.27. The Hall–Kier alpha value is -2.09. The summed E-state index contributed by atoms with van der Waals surface area (Å²) in [7, 11) is 0. The predicted octanol–water partition coefficient (Wildman–Crippen LogP) is 3.71. The van der Waals surface area contributed by atoms with Crippen molar-refractivity contribution >= 4 is 46.8 Å². The van der Waals surface area contributed by atoms with Crippen LogP contribution in [0.2, 0.25) is 10.0 Å². The highest BCUT2D eigenvalue weighted by Crippen LogP contribution is 2.31. The van der Waals surface area contributed by atoms with Crippen LogP contribution in [0.5, 0.6) is 11.5 Å². The Bertz CT molecular complexity index is 863. The number of thioether (sulfide) groups is 1. The summed E-state index contributed by atoms with van der Waals surface area (Å²) in [5.74, 6) is 0.352. The smallest absolute Gasteiger partial charge is 0.269 e. The van der Waals surface area contributed by atoms with E-state index in [2.05, 4.69) is 10.9 Å². The Labute approximate surface area is 170 Å². The van der Waals surface area contributed by atoms with E-state index in [1.165, 1.54) is 11.8 Å². The molecule has 2 aromatic rings. The number of ether oxygens (including phenoxy) is 2. The summed E-state index contributed by atoms with van der Waals surface area (Å²) in [6.45, 7) is 1.10. The maximum atomic E-state index is 12.2. The maximum absolute atomic E-state index is 12.2. The van der Waals surface area contributed by atoms with Gasteiger partial charge in [0.25, 0.3) is 5.91 Å². The molecule has 0 fully saturated rings. The highest BCUT2D eigenvalue weighted by Gasteiger charge is 2.15. The average Bonchev–Trinajstić information content (AvgIpc) is 2.91. The summed E-state index contributed by atoms with van der Waals surface area (Å²) in [5.41, 5.74) is 5.10. The molecular weight excluding hydrogens is 411 g/mol. The van der Waals surface area contributed by atoms with E-state index in [0.29, 0.717) is 45.2 Å². The number of benzene rings is 2. The molecule has 2 aromatic carbocycles. The molecular formula is C18H16Cl2N2O4S. The summed E-state index contributed by atoms with van der Waals surface area (Å²) >= 11 is 13.2. The van der Waals surface area contributed by atoms with Crippen molar-refractivity contribution in [1.82, 2.24) is 10.9 Å². The predicted molar refractivity (Wildman–Crippen MR) is 105 cm³/mol. The number of amides is 2. The van der Waals surface area contributed by atoms with Crippen LogP contribution in [-0.4, -0.2) is 30.8 Å². The lowest BCUT2D eigenvalue weighted by Crippen LogP contribution is -2.42. The molecule has 2 amide bonds. The zero-order chi connectivity index (χ0) is 19.2. The van der Waals surface area contributed by atoms with E-state index in [1.54, 1.807) is 36.4 Å². The van der Waals surface area contributed by atoms with Gasteiger partial charge in [-0.05, 0) is 36.4 Å². The molecule has 2 N–H and O–H groups in total. The first-order chi connectivity index (χ1) is 13.0. The van der Waals surface area contributed by atoms with Gasteiger partial charge in [0, 0.05) is 21.9 Å². The Morgan fingerprint density at radius 1 is 1.00 bits per heavy atom. The number of fused-ring (bicyclic) bond motifs is 1. The van der Waals surface area contributed by atoms with E-state index in [-0.39, 0.29) is 11.7 Å². The average molecular weight is 427 g/mol. The first-order valence-corrected chi connectivity index (χ1v) is 9.84. The largest absolute Gasteiger partial charge is 0.490 e. The topological polar surface area (TPSA) is 76.7 Å². The number of hydrazine groups is 1. The van der Waals surface area contributed by atoms with E-state index in [0.717, 1.165) is 6.42 Å². The second-order valence-electron chi connectivity index (χ2n) is 5.58. The van der Waals surface area contributed by atoms with Crippen molar-refractivity contribution in [3.05, 3.63) is 52.0 Å². The van der Waals surface area contributed by atoms with Crippen LogP contribution < -0.4 is 20.3 Å². The third kappa shape index (κ3) is 5.45. The van der Waals surface area contributed by atoms with Gasteiger partial charge in [-0.25, -0.2) is 0 Å². The molecule has 0 spiro atoms. The van der Waals surface area contributed by atoms with E-state index in [4.69, 9.17) is 32.7 Å². The Kier molecular flexibility index (Phi) is 6.71. The number of carbonyl (C=O) groups excluding carboxylic acids is 2. The van der Waals surface area contributed by atoms with Crippen LogP contribution in [0, 0.1) is 0 Å². The van der Waals surface area contributed by atoms with Gasteiger partial charge in [0.2, 0.25) is 5.91 Å². The molecule has 6 nitrogen and oxygen atoms in total. The minimum Gasteiger partial charge on any atom is -0.490 e. The summed E-state index contributed by atoms with van der Waals surface area (Å²) < 4.78 is 11.1. The SMILES string of the molecule is O=C(CSc1cc(Cl)ccc1Cl)NNC(=O)c1ccc2c(c1)OCCCO2. The van der Waals surface area contributed by atoms with Gasteiger partial charge in [-0.3, -0.25) is 20.4 Å². The van der Waals surface area contributed by atoms with E-state index in [9.17, 15) is 9.59 Å². The second kappa shape index (κ2) is 9.21. The maximum Gasteiger partial charge on any atom is 0.269 e. The van der Waals surface area contributed by atoms with Crippen molar-refractivity contribution in [3.63, 3.8) is 0 Å². The lowest BCUT2D eigenvalue weighted by atomic mass is 10.2. The summed E-state index contributed by atoms with van der Waals surface area (Å²) in [4.78, 5) is 24.9. The van der Waals surface area contributed by atoms with Crippen molar-refractivity contribution in [1.29, 1.82) is 0 Å². The van der Waals surface area contributed by atoms with Crippen molar-refractivity contribution < 1.29 is 19.1 Å². The van der Waals surface area contributed by atoms with Gasteiger partial charge in [-0.2, -0.15) is 0 Å². The van der Waals surface area contributed by atoms with E-state index in [1.807, 2.05) is 0 Å². The molecule has 0 aromatic heterocycles. The molecule has 9 heteroatoms. The monoisotopic (exact) mass is 426 g/mol. The standard InChI is InChI=1S/C18H16Cl2N2O4S/c19-12-3-4-13(20)16(9-12)27-10-17(23)21-22-18(24)11-2-5-14-15(8-11)26-7-1-6-25-14/h2-5,8-9H,1,6-7,10H2,(H,21,23)(H,22,24). The van der Waals surface area contributed by atoms with Crippen molar-refractivity contribution in [2.24, 2.45) is 0 Å². The van der Waals surface area contributed by atoms with Gasteiger partial charge in [0.05, 0.1) is 24.0 Å². The minimum atomic E-state index is -0.454. The number of nitrogens with one attached hydrogen (secondary N) is 2. The molecule has 0 saturated carbocycles. The van der Waals surface area contributed by atoms with Gasteiger partial charge >= 0.3 is 0 Å². The molecule has 1 aliphatic rings. The molecule has 0 radical (unpaired) electrons. The molecule has 0 bridgehead atoms. The van der Waals surface area contributed by atoms with Crippen molar-refractivity contribution in [3.8, 4) is 11.5 Å². The summed E-state index contributed by atoms with van der Waals surface area (Å²) in [6, 6.07) is 9.88. The molecule has 1 heterocycles.